The lowest BCUT2D eigenvalue weighted by atomic mass is 10.1. The first-order valence-corrected chi connectivity index (χ1v) is 9.28. The van der Waals surface area contributed by atoms with E-state index >= 15 is 0 Å². The van der Waals surface area contributed by atoms with Crippen LogP contribution in [0.2, 0.25) is 0 Å². The van der Waals surface area contributed by atoms with E-state index in [0.717, 1.165) is 47.6 Å². The first-order chi connectivity index (χ1) is 13.1. The van der Waals surface area contributed by atoms with Gasteiger partial charge in [-0.05, 0) is 68.5 Å². The number of amides is 1. The number of aromatic nitrogens is 2. The van der Waals surface area contributed by atoms with Crippen molar-refractivity contribution >= 4 is 11.7 Å². The Balaban J connectivity index is 1.52. The highest BCUT2D eigenvalue weighted by Crippen LogP contribution is 2.30. The van der Waals surface area contributed by atoms with Crippen molar-refractivity contribution in [1.82, 2.24) is 9.78 Å². The van der Waals surface area contributed by atoms with Gasteiger partial charge in [-0.2, -0.15) is 5.10 Å². The Morgan fingerprint density at radius 3 is 2.70 bits per heavy atom. The number of carbonyl (C=O) groups is 1. The smallest absolute Gasteiger partial charge is 0.263 e. The maximum Gasteiger partial charge on any atom is 0.263 e. The molecule has 3 aromatic rings. The van der Waals surface area contributed by atoms with Crippen molar-refractivity contribution in [2.45, 2.75) is 33.1 Å². The molecule has 1 aliphatic carbocycles. The average molecular weight is 361 g/mol. The molecule has 0 aliphatic heterocycles. The van der Waals surface area contributed by atoms with Gasteiger partial charge in [-0.15, -0.1) is 0 Å². The van der Waals surface area contributed by atoms with Crippen LogP contribution in [-0.4, -0.2) is 22.3 Å². The van der Waals surface area contributed by atoms with Crippen LogP contribution in [0.25, 0.3) is 5.69 Å². The minimum atomic E-state index is -0.181. The monoisotopic (exact) mass is 361 g/mol. The lowest BCUT2D eigenvalue weighted by Gasteiger charge is -2.12. The summed E-state index contributed by atoms with van der Waals surface area (Å²) < 4.78 is 7.51. The number of fused-ring (bicyclic) bond motifs is 1. The molecule has 2 aromatic carbocycles. The molecule has 27 heavy (non-hydrogen) atoms. The Bertz CT molecular complexity index is 977. The van der Waals surface area contributed by atoms with Gasteiger partial charge in [0.1, 0.15) is 11.6 Å². The lowest BCUT2D eigenvalue weighted by Crippen LogP contribution is -2.22. The second-order valence-electron chi connectivity index (χ2n) is 6.96. The molecule has 1 heterocycles. The third-order valence-electron chi connectivity index (χ3n) is 5.01. The topological polar surface area (TPSA) is 56.1 Å². The largest absolute Gasteiger partial charge is 0.484 e. The third-order valence-corrected chi connectivity index (χ3v) is 5.01. The summed E-state index contributed by atoms with van der Waals surface area (Å²) in [5, 5.41) is 7.74. The fraction of sp³-hybridized carbons (Fsp3) is 0.273. The van der Waals surface area contributed by atoms with Gasteiger partial charge in [0.15, 0.2) is 6.61 Å². The number of anilines is 1. The summed E-state index contributed by atoms with van der Waals surface area (Å²) in [6, 6.07) is 15.7. The van der Waals surface area contributed by atoms with E-state index in [1.54, 1.807) is 0 Å². The number of nitrogens with one attached hydrogen (secondary N) is 1. The molecule has 0 bridgehead atoms. The van der Waals surface area contributed by atoms with Gasteiger partial charge >= 0.3 is 0 Å². The van der Waals surface area contributed by atoms with Crippen molar-refractivity contribution < 1.29 is 9.53 Å². The SMILES string of the molecule is Cc1ccc(OCC(=O)Nc2c3c(nn2-c2ccccc2)CCC3)cc1C. The van der Waals surface area contributed by atoms with Gasteiger partial charge in [-0.25, -0.2) is 4.68 Å². The summed E-state index contributed by atoms with van der Waals surface area (Å²) in [6.45, 7) is 4.05. The molecule has 0 spiro atoms. The number of benzene rings is 2. The number of carbonyl (C=O) groups excluding carboxylic acids is 1. The summed E-state index contributed by atoms with van der Waals surface area (Å²) in [5.41, 5.74) is 5.50. The first-order valence-electron chi connectivity index (χ1n) is 9.28. The highest BCUT2D eigenvalue weighted by molar-refractivity contribution is 5.92. The summed E-state index contributed by atoms with van der Waals surface area (Å²) in [4.78, 5) is 12.5. The second kappa shape index (κ2) is 7.27. The Morgan fingerprint density at radius 1 is 1.11 bits per heavy atom. The summed E-state index contributed by atoms with van der Waals surface area (Å²) in [7, 11) is 0. The molecular weight excluding hydrogens is 338 g/mol. The fourth-order valence-electron chi connectivity index (χ4n) is 3.40. The van der Waals surface area contributed by atoms with E-state index < -0.39 is 0 Å². The highest BCUT2D eigenvalue weighted by atomic mass is 16.5. The average Bonchev–Trinajstić information content (AvgIpc) is 3.26. The third kappa shape index (κ3) is 3.58. The Morgan fingerprint density at radius 2 is 1.93 bits per heavy atom. The van der Waals surface area contributed by atoms with Crippen molar-refractivity contribution in [3.8, 4) is 11.4 Å². The van der Waals surface area contributed by atoms with Crippen molar-refractivity contribution in [3.05, 3.63) is 70.9 Å². The van der Waals surface area contributed by atoms with E-state index in [1.165, 1.54) is 5.56 Å². The lowest BCUT2D eigenvalue weighted by molar-refractivity contribution is -0.118. The van der Waals surface area contributed by atoms with Crippen molar-refractivity contribution in [2.75, 3.05) is 11.9 Å². The second-order valence-corrected chi connectivity index (χ2v) is 6.96. The molecule has 138 valence electrons. The molecule has 1 amide bonds. The van der Waals surface area contributed by atoms with E-state index in [0.29, 0.717) is 5.75 Å². The molecule has 0 atom stereocenters. The van der Waals surface area contributed by atoms with Gasteiger partial charge in [0.2, 0.25) is 0 Å². The molecule has 0 saturated heterocycles. The number of ether oxygens (including phenoxy) is 1. The number of rotatable bonds is 5. The molecule has 4 rings (SSSR count). The van der Waals surface area contributed by atoms with Gasteiger partial charge in [0.25, 0.3) is 5.91 Å². The number of nitrogens with zero attached hydrogens (tertiary/aromatic N) is 2. The molecule has 0 fully saturated rings. The zero-order chi connectivity index (χ0) is 18.8. The van der Waals surface area contributed by atoms with Crippen molar-refractivity contribution in [1.29, 1.82) is 0 Å². The number of hydrogen-bond donors (Lipinski definition) is 1. The maximum atomic E-state index is 12.5. The van der Waals surface area contributed by atoms with E-state index in [9.17, 15) is 4.79 Å². The van der Waals surface area contributed by atoms with Crippen LogP contribution < -0.4 is 10.1 Å². The summed E-state index contributed by atoms with van der Waals surface area (Å²) >= 11 is 0. The van der Waals surface area contributed by atoms with Gasteiger partial charge < -0.3 is 10.1 Å². The standard InChI is InChI=1S/C22H23N3O2/c1-15-11-12-18(13-16(15)2)27-14-21(26)23-22-19-9-6-10-20(19)24-25(22)17-7-4-3-5-8-17/h3-5,7-8,11-13H,6,9-10,14H2,1-2H3,(H,23,26). The van der Waals surface area contributed by atoms with Crippen LogP contribution in [0.5, 0.6) is 5.75 Å². The molecule has 5 heteroatoms. The van der Waals surface area contributed by atoms with Crippen LogP contribution >= 0.6 is 0 Å². The number of para-hydroxylation sites is 1. The van der Waals surface area contributed by atoms with E-state index in [4.69, 9.17) is 9.84 Å². The van der Waals surface area contributed by atoms with Crippen LogP contribution in [0, 0.1) is 13.8 Å². The van der Waals surface area contributed by atoms with E-state index in [2.05, 4.69) is 12.2 Å². The van der Waals surface area contributed by atoms with Crippen LogP contribution in [0.4, 0.5) is 5.82 Å². The zero-order valence-corrected chi connectivity index (χ0v) is 15.7. The minimum absolute atomic E-state index is 0.0305. The van der Waals surface area contributed by atoms with Crippen LogP contribution in [0.1, 0.15) is 28.8 Å². The summed E-state index contributed by atoms with van der Waals surface area (Å²) in [5.74, 6) is 1.29. The number of aryl methyl sites for hydroxylation is 3. The Labute approximate surface area is 159 Å². The molecular formula is C22H23N3O2. The summed E-state index contributed by atoms with van der Waals surface area (Å²) in [6.07, 6.45) is 2.97. The van der Waals surface area contributed by atoms with E-state index in [-0.39, 0.29) is 12.5 Å². The van der Waals surface area contributed by atoms with Crippen molar-refractivity contribution in [3.63, 3.8) is 0 Å². The molecule has 0 radical (unpaired) electrons. The molecule has 5 nitrogen and oxygen atoms in total. The quantitative estimate of drug-likeness (QED) is 0.747. The van der Waals surface area contributed by atoms with Crippen molar-refractivity contribution in [2.24, 2.45) is 0 Å². The predicted molar refractivity (Wildman–Crippen MR) is 106 cm³/mol. The molecule has 1 aromatic heterocycles. The van der Waals surface area contributed by atoms with Gasteiger partial charge in [0, 0.05) is 5.56 Å². The van der Waals surface area contributed by atoms with Gasteiger partial charge in [0.05, 0.1) is 11.4 Å². The molecule has 1 aliphatic rings. The van der Waals surface area contributed by atoms with Gasteiger partial charge in [-0.3, -0.25) is 4.79 Å². The van der Waals surface area contributed by atoms with E-state index in [1.807, 2.05) is 60.1 Å². The molecule has 0 unspecified atom stereocenters. The maximum absolute atomic E-state index is 12.5. The van der Waals surface area contributed by atoms with Crippen LogP contribution in [0.15, 0.2) is 48.5 Å². The normalized spacial score (nSPS) is 12.7. The minimum Gasteiger partial charge on any atom is -0.484 e. The van der Waals surface area contributed by atoms with Crippen LogP contribution in [0.3, 0.4) is 0 Å². The Kier molecular flexibility index (Phi) is 4.67. The van der Waals surface area contributed by atoms with Crippen LogP contribution in [-0.2, 0) is 17.6 Å². The zero-order valence-electron chi connectivity index (χ0n) is 15.7. The molecule has 1 N–H and O–H groups in total. The number of hydrogen-bond acceptors (Lipinski definition) is 3. The fourth-order valence-corrected chi connectivity index (χ4v) is 3.40. The predicted octanol–water partition coefficient (Wildman–Crippen LogP) is 4.00. The van der Waals surface area contributed by atoms with Gasteiger partial charge in [-0.1, -0.05) is 24.3 Å². The highest BCUT2D eigenvalue weighted by Gasteiger charge is 2.24. The Hall–Kier alpha value is -3.08. The first kappa shape index (κ1) is 17.3. The molecule has 0 saturated carbocycles.